The quantitative estimate of drug-likeness (QED) is 0.865. The number of hydrogen-bond acceptors (Lipinski definition) is 3. The highest BCUT2D eigenvalue weighted by atomic mass is 15.0. The lowest BCUT2D eigenvalue weighted by Gasteiger charge is -2.07. The second-order valence-corrected chi connectivity index (χ2v) is 6.52. The molecule has 1 aromatic rings. The van der Waals surface area contributed by atoms with Crippen molar-refractivity contribution in [3.8, 4) is 0 Å². The number of hydrogen-bond donors (Lipinski definition) is 1. The molecule has 0 spiro atoms. The Labute approximate surface area is 110 Å². The summed E-state index contributed by atoms with van der Waals surface area (Å²) in [4.78, 5) is 8.57. The van der Waals surface area contributed by atoms with Crippen molar-refractivity contribution in [3.63, 3.8) is 0 Å². The summed E-state index contributed by atoms with van der Waals surface area (Å²) in [6.45, 7) is 12.6. The third kappa shape index (κ3) is 2.23. The van der Waals surface area contributed by atoms with Gasteiger partial charge in [-0.3, -0.25) is 0 Å². The molecule has 1 aromatic heterocycles. The summed E-state index contributed by atoms with van der Waals surface area (Å²) >= 11 is 0. The van der Waals surface area contributed by atoms with Crippen molar-refractivity contribution < 1.29 is 0 Å². The summed E-state index contributed by atoms with van der Waals surface area (Å²) in [7, 11) is 0. The van der Waals surface area contributed by atoms with Gasteiger partial charge in [-0.25, -0.2) is 9.97 Å². The van der Waals surface area contributed by atoms with Crippen LogP contribution in [0.15, 0.2) is 12.4 Å². The molecule has 0 amide bonds. The molecule has 1 heterocycles. The van der Waals surface area contributed by atoms with Gasteiger partial charge in [0.05, 0.1) is 0 Å². The van der Waals surface area contributed by atoms with E-state index >= 15 is 0 Å². The highest BCUT2D eigenvalue weighted by Gasteiger charge is 2.64. The molecule has 1 aliphatic carbocycles. The second kappa shape index (κ2) is 4.52. The van der Waals surface area contributed by atoms with Crippen LogP contribution in [0.3, 0.4) is 0 Å². The molecular formula is C15H25N3. The summed E-state index contributed by atoms with van der Waals surface area (Å²) in [5.41, 5.74) is 1.99. The molecule has 0 bridgehead atoms. The van der Waals surface area contributed by atoms with Gasteiger partial charge in [0.15, 0.2) is 0 Å². The maximum absolute atomic E-state index is 4.29. The Morgan fingerprint density at radius 1 is 1.17 bits per heavy atom. The van der Waals surface area contributed by atoms with Crippen molar-refractivity contribution in [3.05, 3.63) is 18.1 Å². The number of rotatable bonds is 5. The minimum absolute atomic E-state index is 0.430. The fourth-order valence-electron chi connectivity index (χ4n) is 2.94. The van der Waals surface area contributed by atoms with Crippen molar-refractivity contribution in [2.75, 3.05) is 11.9 Å². The van der Waals surface area contributed by atoms with E-state index in [0.29, 0.717) is 10.8 Å². The number of nitrogens with zero attached hydrogens (tertiary/aromatic N) is 2. The highest BCUT2D eigenvalue weighted by molar-refractivity contribution is 5.36. The van der Waals surface area contributed by atoms with E-state index in [2.05, 4.69) is 56.0 Å². The fourth-order valence-corrected chi connectivity index (χ4v) is 2.94. The Balaban J connectivity index is 1.94. The van der Waals surface area contributed by atoms with Gasteiger partial charge in [0.1, 0.15) is 12.1 Å². The van der Waals surface area contributed by atoms with Gasteiger partial charge in [0.25, 0.3) is 0 Å². The predicted octanol–water partition coefficient (Wildman–Crippen LogP) is 3.52. The fraction of sp³-hybridized carbons (Fsp3) is 0.733. The maximum Gasteiger partial charge on any atom is 0.129 e. The first-order valence-corrected chi connectivity index (χ1v) is 6.94. The first kappa shape index (κ1) is 13.3. The first-order valence-electron chi connectivity index (χ1n) is 6.94. The molecule has 3 heteroatoms. The normalized spacial score (nSPS) is 20.7. The van der Waals surface area contributed by atoms with Crippen LogP contribution in [0.2, 0.25) is 0 Å². The predicted molar refractivity (Wildman–Crippen MR) is 75.6 cm³/mol. The molecule has 18 heavy (non-hydrogen) atoms. The summed E-state index contributed by atoms with van der Waals surface area (Å²) in [6, 6.07) is 2.08. The van der Waals surface area contributed by atoms with Gasteiger partial charge in [-0.1, -0.05) is 41.0 Å². The summed E-state index contributed by atoms with van der Waals surface area (Å²) < 4.78 is 0. The average Bonchev–Trinajstić information content (AvgIpc) is 2.68. The van der Waals surface area contributed by atoms with Gasteiger partial charge in [-0.15, -0.1) is 0 Å². The average molecular weight is 247 g/mol. The summed E-state index contributed by atoms with van der Waals surface area (Å²) in [6.07, 6.45) is 3.81. The first-order chi connectivity index (χ1) is 8.39. The third-order valence-corrected chi connectivity index (χ3v) is 5.04. The number of anilines is 1. The van der Waals surface area contributed by atoms with Crippen LogP contribution in [0.4, 0.5) is 5.82 Å². The zero-order valence-corrected chi connectivity index (χ0v) is 12.2. The topological polar surface area (TPSA) is 37.8 Å². The van der Waals surface area contributed by atoms with Gasteiger partial charge in [-0.2, -0.15) is 0 Å². The zero-order valence-electron chi connectivity index (χ0n) is 12.2. The molecule has 0 aromatic carbocycles. The lowest BCUT2D eigenvalue weighted by Crippen LogP contribution is -2.09. The van der Waals surface area contributed by atoms with Crippen LogP contribution in [-0.4, -0.2) is 16.5 Å². The van der Waals surface area contributed by atoms with Crippen molar-refractivity contribution in [2.45, 2.75) is 47.5 Å². The van der Waals surface area contributed by atoms with E-state index in [1.165, 1.54) is 0 Å². The van der Waals surface area contributed by atoms with Gasteiger partial charge in [0, 0.05) is 18.3 Å². The molecule has 1 fully saturated rings. The molecule has 0 radical (unpaired) electrons. The Morgan fingerprint density at radius 3 is 2.39 bits per heavy atom. The minimum atomic E-state index is 0.430. The largest absolute Gasteiger partial charge is 0.370 e. The molecule has 0 unspecified atom stereocenters. The van der Waals surface area contributed by atoms with Crippen molar-refractivity contribution in [1.82, 2.24) is 9.97 Å². The van der Waals surface area contributed by atoms with Crippen LogP contribution in [0.25, 0.3) is 0 Å². The van der Waals surface area contributed by atoms with Crippen LogP contribution < -0.4 is 5.32 Å². The van der Waals surface area contributed by atoms with Gasteiger partial charge in [0.2, 0.25) is 0 Å². The van der Waals surface area contributed by atoms with E-state index in [9.17, 15) is 0 Å². The lowest BCUT2D eigenvalue weighted by atomic mass is 10.0. The minimum Gasteiger partial charge on any atom is -0.370 e. The number of nitrogens with one attached hydrogen (secondary N) is 1. The second-order valence-electron chi connectivity index (χ2n) is 6.52. The van der Waals surface area contributed by atoms with E-state index < -0.39 is 0 Å². The van der Waals surface area contributed by atoms with Crippen LogP contribution >= 0.6 is 0 Å². The van der Waals surface area contributed by atoms with Crippen molar-refractivity contribution in [1.29, 1.82) is 0 Å². The van der Waals surface area contributed by atoms with Crippen molar-refractivity contribution >= 4 is 5.82 Å². The molecule has 1 saturated carbocycles. The Bertz CT molecular complexity index is 410. The Kier molecular flexibility index (Phi) is 3.35. The molecule has 3 nitrogen and oxygen atoms in total. The van der Waals surface area contributed by atoms with Crippen LogP contribution in [0.5, 0.6) is 0 Å². The lowest BCUT2D eigenvalue weighted by molar-refractivity contribution is 0.457. The van der Waals surface area contributed by atoms with E-state index in [0.717, 1.165) is 36.8 Å². The third-order valence-electron chi connectivity index (χ3n) is 5.04. The smallest absolute Gasteiger partial charge is 0.129 e. The van der Waals surface area contributed by atoms with Gasteiger partial charge >= 0.3 is 0 Å². The molecule has 1 aliphatic rings. The molecule has 1 N–H and O–H groups in total. The summed E-state index contributed by atoms with van der Waals surface area (Å²) in [5, 5.41) is 3.47. The van der Waals surface area contributed by atoms with Gasteiger partial charge < -0.3 is 5.32 Å². The van der Waals surface area contributed by atoms with E-state index in [1.54, 1.807) is 6.33 Å². The molecule has 0 atom stereocenters. The Hall–Kier alpha value is -1.12. The standard InChI is InChI=1S/C15H25N3/c1-6-7-11-8-13(18-10-17-11)16-9-12-14(2,3)15(12,4)5/h8,10,12H,6-7,9H2,1-5H3,(H,16,17,18). The van der Waals surface area contributed by atoms with E-state index in [1.807, 2.05) is 0 Å². The van der Waals surface area contributed by atoms with Gasteiger partial charge in [-0.05, 0) is 23.2 Å². The monoisotopic (exact) mass is 247 g/mol. The molecule has 100 valence electrons. The molecule has 2 rings (SSSR count). The van der Waals surface area contributed by atoms with Crippen LogP contribution in [0, 0.1) is 16.7 Å². The van der Waals surface area contributed by atoms with E-state index in [4.69, 9.17) is 0 Å². The molecular weight excluding hydrogens is 222 g/mol. The SMILES string of the molecule is CCCc1cc(NCC2C(C)(C)C2(C)C)ncn1. The van der Waals surface area contributed by atoms with Crippen molar-refractivity contribution in [2.24, 2.45) is 16.7 Å². The zero-order chi connectivity index (χ0) is 13.4. The summed E-state index contributed by atoms with van der Waals surface area (Å²) in [5.74, 6) is 1.68. The Morgan fingerprint density at radius 2 is 1.83 bits per heavy atom. The maximum atomic E-state index is 4.29. The highest BCUT2D eigenvalue weighted by Crippen LogP contribution is 2.68. The number of aromatic nitrogens is 2. The molecule has 0 aliphatic heterocycles. The molecule has 0 saturated heterocycles. The van der Waals surface area contributed by atoms with Crippen LogP contribution in [0.1, 0.15) is 46.7 Å². The van der Waals surface area contributed by atoms with E-state index in [-0.39, 0.29) is 0 Å². The number of aryl methyl sites for hydroxylation is 1. The van der Waals surface area contributed by atoms with Crippen LogP contribution in [-0.2, 0) is 6.42 Å².